The van der Waals surface area contributed by atoms with Gasteiger partial charge in [0.1, 0.15) is 0 Å². The molecule has 0 aromatic carbocycles. The summed E-state index contributed by atoms with van der Waals surface area (Å²) >= 11 is 0. The Kier molecular flexibility index (Phi) is 12.3. The van der Waals surface area contributed by atoms with Crippen LogP contribution in [0.1, 0.15) is 71.1 Å². The lowest BCUT2D eigenvalue weighted by molar-refractivity contribution is 0.127. The minimum absolute atomic E-state index is 0.728. The molecule has 1 aromatic rings. The molecule has 3 N–H and O–H groups in total. The molecule has 0 saturated heterocycles. The van der Waals surface area contributed by atoms with Crippen LogP contribution in [0.15, 0.2) is 18.5 Å². The molecule has 0 aliphatic carbocycles. The Morgan fingerprint density at radius 1 is 0.957 bits per heavy atom. The third kappa shape index (κ3) is 11.0. The van der Waals surface area contributed by atoms with E-state index in [1.54, 1.807) is 12.4 Å². The molecule has 0 aliphatic rings. The first-order valence-corrected chi connectivity index (χ1v) is 9.35. The summed E-state index contributed by atoms with van der Waals surface area (Å²) in [6, 6.07) is 1.93. The molecule has 0 saturated carbocycles. The molecule has 0 unspecified atom stereocenters. The Balaban J connectivity index is 1.79. The topological polar surface area (TPSA) is 60.2 Å². The highest BCUT2D eigenvalue weighted by molar-refractivity contribution is 5.63. The van der Waals surface area contributed by atoms with Crippen molar-refractivity contribution >= 4 is 11.4 Å². The quantitative estimate of drug-likeness (QED) is 0.446. The number of hydrogen-bond acceptors (Lipinski definition) is 4. The molecule has 0 atom stereocenters. The monoisotopic (exact) mass is 321 g/mol. The van der Waals surface area contributed by atoms with E-state index in [9.17, 15) is 0 Å². The van der Waals surface area contributed by atoms with Gasteiger partial charge in [-0.3, -0.25) is 4.98 Å². The number of nitrogens with one attached hydrogen (secondary N) is 1. The van der Waals surface area contributed by atoms with Crippen LogP contribution in [0.5, 0.6) is 0 Å². The van der Waals surface area contributed by atoms with Gasteiger partial charge in [-0.25, -0.2) is 0 Å². The van der Waals surface area contributed by atoms with Crippen molar-refractivity contribution in [3.63, 3.8) is 0 Å². The number of unbranched alkanes of at least 4 members (excludes halogenated alkanes) is 8. The molecule has 0 radical (unpaired) electrons. The van der Waals surface area contributed by atoms with Crippen LogP contribution in [0.4, 0.5) is 11.4 Å². The third-order valence-corrected chi connectivity index (χ3v) is 4.03. The van der Waals surface area contributed by atoms with Crippen molar-refractivity contribution < 1.29 is 4.74 Å². The lowest BCUT2D eigenvalue weighted by Crippen LogP contribution is -2.04. The Hall–Kier alpha value is -1.29. The smallest absolute Gasteiger partial charge is 0.0736 e. The fourth-order valence-corrected chi connectivity index (χ4v) is 2.53. The number of ether oxygens (including phenoxy) is 1. The van der Waals surface area contributed by atoms with Crippen LogP contribution in [-0.2, 0) is 4.74 Å². The molecule has 1 heterocycles. The second-order valence-corrected chi connectivity index (χ2v) is 6.18. The number of pyridine rings is 1. The van der Waals surface area contributed by atoms with Gasteiger partial charge in [0.25, 0.3) is 0 Å². The van der Waals surface area contributed by atoms with E-state index >= 15 is 0 Å². The van der Waals surface area contributed by atoms with Crippen molar-refractivity contribution in [2.45, 2.75) is 71.1 Å². The summed E-state index contributed by atoms with van der Waals surface area (Å²) in [4.78, 5) is 3.99. The first kappa shape index (κ1) is 19.8. The van der Waals surface area contributed by atoms with Gasteiger partial charge in [0.2, 0.25) is 0 Å². The van der Waals surface area contributed by atoms with Gasteiger partial charge in [-0.1, -0.05) is 51.9 Å². The molecular weight excluding hydrogens is 286 g/mol. The molecule has 0 spiro atoms. The van der Waals surface area contributed by atoms with Crippen molar-refractivity contribution in [1.82, 2.24) is 4.98 Å². The Morgan fingerprint density at radius 2 is 1.61 bits per heavy atom. The van der Waals surface area contributed by atoms with Crippen LogP contribution in [0.2, 0.25) is 0 Å². The Morgan fingerprint density at radius 3 is 2.30 bits per heavy atom. The van der Waals surface area contributed by atoms with Crippen LogP contribution in [0, 0.1) is 0 Å². The van der Waals surface area contributed by atoms with Gasteiger partial charge < -0.3 is 15.8 Å². The molecule has 132 valence electrons. The largest absolute Gasteiger partial charge is 0.396 e. The number of nitrogen functional groups attached to an aromatic ring is 1. The molecule has 0 amide bonds. The molecule has 0 aliphatic heterocycles. The summed E-state index contributed by atoms with van der Waals surface area (Å²) in [6.45, 7) is 5.08. The molecule has 1 aromatic heterocycles. The predicted octanol–water partition coefficient (Wildman–Crippen LogP) is 5.01. The summed E-state index contributed by atoms with van der Waals surface area (Å²) in [5.41, 5.74) is 7.57. The van der Waals surface area contributed by atoms with E-state index in [1.807, 2.05) is 6.07 Å². The van der Waals surface area contributed by atoms with E-state index in [0.29, 0.717) is 0 Å². The van der Waals surface area contributed by atoms with Crippen LogP contribution in [0.25, 0.3) is 0 Å². The highest BCUT2D eigenvalue weighted by Gasteiger charge is 1.97. The van der Waals surface area contributed by atoms with Crippen LogP contribution in [0.3, 0.4) is 0 Å². The van der Waals surface area contributed by atoms with Crippen molar-refractivity contribution in [2.75, 3.05) is 30.8 Å². The van der Waals surface area contributed by atoms with Crippen molar-refractivity contribution in [3.05, 3.63) is 18.5 Å². The maximum absolute atomic E-state index is 5.84. The number of hydrogen-bond donors (Lipinski definition) is 2. The Bertz CT molecular complexity index is 385. The van der Waals surface area contributed by atoms with E-state index in [2.05, 4.69) is 17.2 Å². The highest BCUT2D eigenvalue weighted by Crippen LogP contribution is 2.15. The van der Waals surface area contributed by atoms with Crippen LogP contribution < -0.4 is 11.1 Å². The van der Waals surface area contributed by atoms with E-state index < -0.39 is 0 Å². The third-order valence-electron chi connectivity index (χ3n) is 4.03. The van der Waals surface area contributed by atoms with Gasteiger partial charge >= 0.3 is 0 Å². The summed E-state index contributed by atoms with van der Waals surface area (Å²) in [5, 5.41) is 3.37. The number of anilines is 2. The van der Waals surface area contributed by atoms with Crippen molar-refractivity contribution in [2.24, 2.45) is 0 Å². The molecule has 23 heavy (non-hydrogen) atoms. The van der Waals surface area contributed by atoms with E-state index in [0.717, 1.165) is 31.1 Å². The zero-order chi connectivity index (χ0) is 16.6. The molecular formula is C19H35N3O. The fraction of sp³-hybridized carbons (Fsp3) is 0.737. The fourth-order valence-electron chi connectivity index (χ4n) is 2.53. The van der Waals surface area contributed by atoms with Crippen LogP contribution >= 0.6 is 0 Å². The predicted molar refractivity (Wildman–Crippen MR) is 99.8 cm³/mol. The summed E-state index contributed by atoms with van der Waals surface area (Å²) in [6.07, 6.45) is 16.3. The second kappa shape index (κ2) is 14.3. The Labute approximate surface area is 142 Å². The minimum atomic E-state index is 0.728. The number of nitrogens with two attached hydrogens (primary N) is 1. The van der Waals surface area contributed by atoms with Gasteiger partial charge in [-0.15, -0.1) is 0 Å². The SMILES string of the molecule is CCCCOCCCCCCCCCCNc1ccncc1N. The maximum atomic E-state index is 5.84. The van der Waals surface area contributed by atoms with E-state index in [4.69, 9.17) is 10.5 Å². The second-order valence-electron chi connectivity index (χ2n) is 6.18. The number of nitrogens with zero attached hydrogens (tertiary/aromatic N) is 1. The number of rotatable bonds is 15. The molecule has 4 heteroatoms. The molecule has 4 nitrogen and oxygen atoms in total. The minimum Gasteiger partial charge on any atom is -0.396 e. The van der Waals surface area contributed by atoms with E-state index in [-0.39, 0.29) is 0 Å². The lowest BCUT2D eigenvalue weighted by Gasteiger charge is -2.08. The van der Waals surface area contributed by atoms with Gasteiger partial charge in [0.05, 0.1) is 17.6 Å². The first-order valence-electron chi connectivity index (χ1n) is 9.35. The average molecular weight is 322 g/mol. The van der Waals surface area contributed by atoms with Gasteiger partial charge in [0, 0.05) is 26.0 Å². The molecule has 0 bridgehead atoms. The standard InChI is InChI=1S/C19H35N3O/c1-2-3-15-23-16-11-9-7-5-4-6-8-10-13-22-19-12-14-21-17-18(19)20/h12,14,17H,2-11,13,15-16,20H2,1H3,(H,21,22). The van der Waals surface area contributed by atoms with E-state index in [1.165, 1.54) is 64.2 Å². The average Bonchev–Trinajstić information content (AvgIpc) is 2.57. The van der Waals surface area contributed by atoms with Gasteiger partial charge in [0.15, 0.2) is 0 Å². The lowest BCUT2D eigenvalue weighted by atomic mass is 10.1. The first-order chi connectivity index (χ1) is 11.3. The number of aromatic nitrogens is 1. The van der Waals surface area contributed by atoms with Crippen molar-refractivity contribution in [3.8, 4) is 0 Å². The van der Waals surface area contributed by atoms with Gasteiger partial charge in [-0.2, -0.15) is 0 Å². The van der Waals surface area contributed by atoms with Gasteiger partial charge in [-0.05, 0) is 25.3 Å². The summed E-state index contributed by atoms with van der Waals surface area (Å²) in [5.74, 6) is 0. The normalized spacial score (nSPS) is 10.8. The zero-order valence-electron chi connectivity index (χ0n) is 14.9. The molecule has 0 fully saturated rings. The zero-order valence-corrected chi connectivity index (χ0v) is 14.9. The van der Waals surface area contributed by atoms with Crippen molar-refractivity contribution in [1.29, 1.82) is 0 Å². The molecule has 1 rings (SSSR count). The summed E-state index contributed by atoms with van der Waals surface area (Å²) in [7, 11) is 0. The highest BCUT2D eigenvalue weighted by atomic mass is 16.5. The maximum Gasteiger partial charge on any atom is 0.0736 e. The summed E-state index contributed by atoms with van der Waals surface area (Å²) < 4.78 is 5.57. The van der Waals surface area contributed by atoms with Crippen LogP contribution in [-0.4, -0.2) is 24.7 Å².